The number of amides is 1. The van der Waals surface area contributed by atoms with Crippen LogP contribution in [0.5, 0.6) is 5.75 Å². The molecular weight excluding hydrogens is 381 g/mol. The maximum absolute atomic E-state index is 12.6. The average molecular weight is 396 g/mol. The van der Waals surface area contributed by atoms with Crippen molar-refractivity contribution in [2.45, 2.75) is 25.7 Å². The fourth-order valence-corrected chi connectivity index (χ4v) is 2.92. The van der Waals surface area contributed by atoms with Crippen LogP contribution in [0, 0.1) is 17.0 Å². The number of anilines is 2. The summed E-state index contributed by atoms with van der Waals surface area (Å²) in [6.45, 7) is 1.85. The van der Waals surface area contributed by atoms with Gasteiger partial charge in [0.25, 0.3) is 5.69 Å². The number of rotatable bonds is 5. The normalized spacial score (nSPS) is 16.9. The first-order valence-electron chi connectivity index (χ1n) is 8.19. The third-order valence-electron chi connectivity index (χ3n) is 4.17. The Hall–Kier alpha value is -3.37. The molecule has 0 saturated carbocycles. The summed E-state index contributed by atoms with van der Waals surface area (Å²) in [6.07, 6.45) is -3.33. The fourth-order valence-electron chi connectivity index (χ4n) is 2.92. The van der Waals surface area contributed by atoms with Crippen LogP contribution in [0.2, 0.25) is 0 Å². The molecule has 1 saturated heterocycles. The van der Waals surface area contributed by atoms with Gasteiger partial charge < -0.3 is 15.0 Å². The van der Waals surface area contributed by atoms with Crippen molar-refractivity contribution in [3.63, 3.8) is 0 Å². The van der Waals surface area contributed by atoms with Crippen molar-refractivity contribution in [2.24, 2.45) is 0 Å². The van der Waals surface area contributed by atoms with Crippen LogP contribution in [0.3, 0.4) is 0 Å². The number of nitro groups is 1. The van der Waals surface area contributed by atoms with E-state index in [9.17, 15) is 28.1 Å². The number of carbonyl (C=O) groups excluding carboxylic acids is 1. The second-order valence-corrected chi connectivity index (χ2v) is 6.13. The first-order valence-corrected chi connectivity index (χ1v) is 8.19. The molecule has 1 aliphatic heterocycles. The van der Waals surface area contributed by atoms with E-state index < -0.39 is 23.1 Å². The van der Waals surface area contributed by atoms with Crippen molar-refractivity contribution in [1.82, 2.24) is 4.98 Å². The Morgan fingerprint density at radius 3 is 2.75 bits per heavy atom. The minimum atomic E-state index is -4.82. The molecule has 0 aliphatic carbocycles. The Bertz CT molecular complexity index is 920. The number of halogens is 3. The predicted octanol–water partition coefficient (Wildman–Crippen LogP) is 3.41. The van der Waals surface area contributed by atoms with Crippen molar-refractivity contribution in [3.8, 4) is 5.75 Å². The fraction of sp³-hybridized carbons (Fsp3) is 0.294. The van der Waals surface area contributed by atoms with Gasteiger partial charge in [0.1, 0.15) is 23.8 Å². The zero-order valence-corrected chi connectivity index (χ0v) is 14.6. The molecule has 2 heterocycles. The van der Waals surface area contributed by atoms with Crippen molar-refractivity contribution < 1.29 is 27.6 Å². The summed E-state index contributed by atoms with van der Waals surface area (Å²) in [7, 11) is 0. The Morgan fingerprint density at radius 1 is 1.36 bits per heavy atom. The molecule has 1 N–H and O–H groups in total. The van der Waals surface area contributed by atoms with Crippen molar-refractivity contribution in [1.29, 1.82) is 0 Å². The molecule has 11 heteroatoms. The van der Waals surface area contributed by atoms with Crippen LogP contribution in [0.4, 0.5) is 30.4 Å². The topological polar surface area (TPSA) is 97.6 Å². The molecule has 3 rings (SSSR count). The molecule has 1 aliphatic rings. The van der Waals surface area contributed by atoms with E-state index >= 15 is 0 Å². The Labute approximate surface area is 157 Å². The number of ether oxygens (including phenoxy) is 1. The van der Waals surface area contributed by atoms with E-state index in [1.807, 2.05) is 0 Å². The minimum absolute atomic E-state index is 0.133. The van der Waals surface area contributed by atoms with Gasteiger partial charge in [-0.3, -0.25) is 14.9 Å². The number of aromatic nitrogens is 1. The lowest BCUT2D eigenvalue weighted by molar-refractivity contribution is -0.385. The van der Waals surface area contributed by atoms with Crippen LogP contribution in [0.25, 0.3) is 0 Å². The number of aryl methyl sites for hydroxylation is 1. The molecule has 28 heavy (non-hydrogen) atoms. The van der Waals surface area contributed by atoms with E-state index in [2.05, 4.69) is 15.0 Å². The Balaban J connectivity index is 1.72. The van der Waals surface area contributed by atoms with Crippen LogP contribution in [-0.2, 0) is 4.79 Å². The number of benzene rings is 1. The number of nitrogens with one attached hydrogen (secondary N) is 1. The second kappa shape index (κ2) is 7.33. The molecule has 0 bridgehead atoms. The smallest absolute Gasteiger partial charge is 0.406 e. The number of alkyl halides is 3. The lowest BCUT2D eigenvalue weighted by Gasteiger charge is -2.19. The Kier molecular flexibility index (Phi) is 5.08. The predicted molar refractivity (Wildman–Crippen MR) is 93.1 cm³/mol. The van der Waals surface area contributed by atoms with Crippen LogP contribution >= 0.6 is 0 Å². The zero-order valence-electron chi connectivity index (χ0n) is 14.6. The number of carbonyl (C=O) groups is 1. The molecule has 1 aromatic carbocycles. The molecule has 8 nitrogen and oxygen atoms in total. The second-order valence-electron chi connectivity index (χ2n) is 6.13. The Morgan fingerprint density at radius 2 is 2.11 bits per heavy atom. The van der Waals surface area contributed by atoms with Crippen molar-refractivity contribution in [3.05, 3.63) is 52.2 Å². The number of pyridine rings is 1. The van der Waals surface area contributed by atoms with Gasteiger partial charge in [0.05, 0.1) is 4.92 Å². The average Bonchev–Trinajstić information content (AvgIpc) is 2.94. The quantitative estimate of drug-likeness (QED) is 0.614. The van der Waals surface area contributed by atoms with Crippen molar-refractivity contribution >= 4 is 23.1 Å². The van der Waals surface area contributed by atoms with Gasteiger partial charge in [-0.1, -0.05) is 6.07 Å². The first-order chi connectivity index (χ1) is 13.1. The lowest BCUT2D eigenvalue weighted by atomic mass is 10.2. The molecule has 0 spiro atoms. The zero-order chi connectivity index (χ0) is 20.5. The van der Waals surface area contributed by atoms with Gasteiger partial charge in [-0.25, -0.2) is 4.98 Å². The highest BCUT2D eigenvalue weighted by Gasteiger charge is 2.34. The number of hydrogen-bond donors (Lipinski definition) is 1. The summed E-state index contributed by atoms with van der Waals surface area (Å²) in [6, 6.07) is 5.98. The number of nitrogens with zero attached hydrogens (tertiary/aromatic N) is 3. The summed E-state index contributed by atoms with van der Waals surface area (Å²) in [5.74, 6) is -0.457. The van der Waals surface area contributed by atoms with E-state index in [1.165, 1.54) is 23.1 Å². The van der Waals surface area contributed by atoms with Gasteiger partial charge in [0, 0.05) is 23.9 Å². The van der Waals surface area contributed by atoms with Crippen LogP contribution in [0.1, 0.15) is 12.0 Å². The summed E-state index contributed by atoms with van der Waals surface area (Å²) in [4.78, 5) is 28.2. The van der Waals surface area contributed by atoms with Crippen LogP contribution in [-0.4, -0.2) is 34.8 Å². The van der Waals surface area contributed by atoms with Gasteiger partial charge in [0.2, 0.25) is 5.91 Å². The van der Waals surface area contributed by atoms with Gasteiger partial charge in [-0.2, -0.15) is 0 Å². The summed E-state index contributed by atoms with van der Waals surface area (Å²) in [5.41, 5.74) is 0.539. The third-order valence-corrected chi connectivity index (χ3v) is 4.17. The maximum atomic E-state index is 12.6. The molecule has 0 radical (unpaired) electrons. The van der Waals surface area contributed by atoms with Crippen LogP contribution < -0.4 is 15.0 Å². The van der Waals surface area contributed by atoms with Gasteiger partial charge >= 0.3 is 6.36 Å². The van der Waals surface area contributed by atoms with Gasteiger partial charge in [0.15, 0.2) is 0 Å². The SMILES string of the molecule is Cc1cc(NC2CCN(c3cccc(OC(F)(F)F)c3)C2=O)ncc1[N+](=O)[O-]. The van der Waals surface area contributed by atoms with E-state index in [0.717, 1.165) is 18.3 Å². The minimum Gasteiger partial charge on any atom is -0.406 e. The van der Waals surface area contributed by atoms with Crippen molar-refractivity contribution in [2.75, 3.05) is 16.8 Å². The maximum Gasteiger partial charge on any atom is 0.573 e. The van der Waals surface area contributed by atoms with E-state index in [0.29, 0.717) is 17.8 Å². The molecule has 1 atom stereocenters. The summed E-state index contributed by atoms with van der Waals surface area (Å²) < 4.78 is 41.0. The summed E-state index contributed by atoms with van der Waals surface area (Å²) in [5, 5.41) is 13.8. The van der Waals surface area contributed by atoms with Gasteiger partial charge in [-0.15, -0.1) is 13.2 Å². The molecule has 148 valence electrons. The summed E-state index contributed by atoms with van der Waals surface area (Å²) >= 11 is 0. The van der Waals surface area contributed by atoms with E-state index in [4.69, 9.17) is 0 Å². The van der Waals surface area contributed by atoms with E-state index in [-0.39, 0.29) is 23.8 Å². The number of hydrogen-bond acceptors (Lipinski definition) is 6. The first kappa shape index (κ1) is 19.4. The highest BCUT2D eigenvalue weighted by atomic mass is 19.4. The highest BCUT2D eigenvalue weighted by molar-refractivity contribution is 6.01. The monoisotopic (exact) mass is 396 g/mol. The van der Waals surface area contributed by atoms with Gasteiger partial charge in [-0.05, 0) is 31.5 Å². The lowest BCUT2D eigenvalue weighted by Crippen LogP contribution is -2.33. The molecular formula is C17H15F3N4O4. The molecule has 1 aromatic heterocycles. The molecule has 2 aromatic rings. The van der Waals surface area contributed by atoms with E-state index in [1.54, 1.807) is 6.92 Å². The molecule has 1 amide bonds. The highest BCUT2D eigenvalue weighted by Crippen LogP contribution is 2.30. The molecule has 1 fully saturated rings. The molecule has 1 unspecified atom stereocenters. The standard InChI is InChI=1S/C17H15F3N4O4/c1-10-7-15(21-9-14(10)24(26)27)22-13-5-6-23(16(13)25)11-3-2-4-12(8-11)28-17(18,19)20/h2-4,7-9,13H,5-6H2,1H3,(H,21,22). The van der Waals surface area contributed by atoms with Crippen LogP contribution in [0.15, 0.2) is 36.5 Å². The third kappa shape index (κ3) is 4.30. The largest absolute Gasteiger partial charge is 0.573 e.